The van der Waals surface area contributed by atoms with Gasteiger partial charge >= 0.3 is 0 Å². The van der Waals surface area contributed by atoms with Gasteiger partial charge in [0.25, 0.3) is 0 Å². The first-order chi connectivity index (χ1) is 20.3. The van der Waals surface area contributed by atoms with E-state index in [2.05, 4.69) is 42.5 Å². The minimum Gasteiger partial charge on any atom is -0.394 e. The molecule has 4 N–H and O–H groups in total. The molecule has 0 saturated carbocycles. The van der Waals surface area contributed by atoms with Gasteiger partial charge in [0.1, 0.15) is 11.9 Å². The SMILES string of the molecule is CC(C)(C)C(=O)CCC(CNC(=O)C(C)(C)Br)(CNC(=O)C(C)(C)Br)COCCOCCOCCOCCOCC(O)CO. The highest BCUT2D eigenvalue weighted by Crippen LogP contribution is 2.29. The number of aliphatic hydroxyl groups is 2. The fourth-order valence-electron chi connectivity index (χ4n) is 3.46. The maximum Gasteiger partial charge on any atom is 0.236 e. The Hall–Kier alpha value is -0.710. The lowest BCUT2D eigenvalue weighted by Crippen LogP contribution is -2.52. The molecule has 0 aliphatic carbocycles. The van der Waals surface area contributed by atoms with Crippen molar-refractivity contribution in [2.75, 3.05) is 85.8 Å². The van der Waals surface area contributed by atoms with Crippen molar-refractivity contribution in [1.82, 2.24) is 10.6 Å². The quantitative estimate of drug-likeness (QED) is 0.0761. The topological polar surface area (TPSA) is 162 Å². The van der Waals surface area contributed by atoms with Gasteiger partial charge in [0.05, 0.1) is 81.3 Å². The van der Waals surface area contributed by atoms with Crippen molar-refractivity contribution in [2.24, 2.45) is 10.8 Å². The molecular formula is C30H56Br2N2O10. The van der Waals surface area contributed by atoms with E-state index >= 15 is 0 Å². The number of aliphatic hydroxyl groups excluding tert-OH is 2. The van der Waals surface area contributed by atoms with Crippen LogP contribution >= 0.6 is 31.9 Å². The molecule has 14 heteroatoms. The van der Waals surface area contributed by atoms with E-state index in [1.54, 1.807) is 27.7 Å². The van der Waals surface area contributed by atoms with Crippen LogP contribution in [0.4, 0.5) is 0 Å². The fraction of sp³-hybridized carbons (Fsp3) is 0.900. The summed E-state index contributed by atoms with van der Waals surface area (Å²) in [6.45, 7) is 15.7. The molecule has 12 nitrogen and oxygen atoms in total. The van der Waals surface area contributed by atoms with Gasteiger partial charge < -0.3 is 44.5 Å². The minimum absolute atomic E-state index is 0.0629. The Morgan fingerprint density at radius 3 is 1.43 bits per heavy atom. The third-order valence-corrected chi connectivity index (χ3v) is 7.18. The van der Waals surface area contributed by atoms with Gasteiger partial charge in [-0.1, -0.05) is 52.6 Å². The van der Waals surface area contributed by atoms with Crippen molar-refractivity contribution in [3.05, 3.63) is 0 Å². The highest BCUT2D eigenvalue weighted by Gasteiger charge is 2.37. The molecule has 0 aliphatic rings. The van der Waals surface area contributed by atoms with E-state index < -0.39 is 25.6 Å². The second-order valence-electron chi connectivity index (χ2n) is 12.8. The molecule has 0 bridgehead atoms. The van der Waals surface area contributed by atoms with E-state index in [-0.39, 0.29) is 63.5 Å². The molecular weight excluding hydrogens is 708 g/mol. The van der Waals surface area contributed by atoms with Gasteiger partial charge in [-0.2, -0.15) is 0 Å². The zero-order valence-corrected chi connectivity index (χ0v) is 30.8. The van der Waals surface area contributed by atoms with Crippen molar-refractivity contribution in [3.8, 4) is 0 Å². The van der Waals surface area contributed by atoms with Gasteiger partial charge in [-0.15, -0.1) is 0 Å². The number of halogens is 2. The van der Waals surface area contributed by atoms with Crippen LogP contribution in [0.15, 0.2) is 0 Å². The monoisotopic (exact) mass is 762 g/mol. The van der Waals surface area contributed by atoms with Crippen molar-refractivity contribution >= 4 is 49.5 Å². The van der Waals surface area contributed by atoms with Crippen LogP contribution < -0.4 is 10.6 Å². The molecule has 1 atom stereocenters. The van der Waals surface area contributed by atoms with E-state index in [4.69, 9.17) is 28.8 Å². The molecule has 0 aromatic carbocycles. The maximum absolute atomic E-state index is 12.8. The number of nitrogens with one attached hydrogen (secondary N) is 2. The number of carbonyl (C=O) groups excluding carboxylic acids is 3. The fourth-order valence-corrected chi connectivity index (χ4v) is 3.74. The standard InChI is InChI=1S/C30H56Br2N2O10/c1-27(2,3)24(37)8-9-30(20-33-25(38)28(4,5)31,21-34-26(39)29(6,7)32)22-44-17-15-42-13-11-40-10-12-41-14-16-43-19-23(36)18-35/h23,35-36H,8-22H2,1-7H3,(H,33,38)(H,34,39). The Balaban J connectivity index is 4.86. The van der Waals surface area contributed by atoms with Crippen molar-refractivity contribution < 1.29 is 48.3 Å². The van der Waals surface area contributed by atoms with Crippen LogP contribution in [0.2, 0.25) is 0 Å². The molecule has 0 aromatic rings. The number of hydrogen-bond donors (Lipinski definition) is 4. The van der Waals surface area contributed by atoms with E-state index in [1.807, 2.05) is 20.8 Å². The highest BCUT2D eigenvalue weighted by atomic mass is 79.9. The number of carbonyl (C=O) groups is 3. The van der Waals surface area contributed by atoms with Crippen LogP contribution in [0.1, 0.15) is 61.3 Å². The molecule has 0 saturated heterocycles. The smallest absolute Gasteiger partial charge is 0.236 e. The van der Waals surface area contributed by atoms with Crippen LogP contribution in [0, 0.1) is 10.8 Å². The van der Waals surface area contributed by atoms with E-state index in [1.165, 1.54) is 0 Å². The lowest BCUT2D eigenvalue weighted by Gasteiger charge is -2.36. The number of amides is 2. The van der Waals surface area contributed by atoms with Gasteiger partial charge in [0, 0.05) is 30.3 Å². The van der Waals surface area contributed by atoms with Crippen molar-refractivity contribution in [1.29, 1.82) is 0 Å². The van der Waals surface area contributed by atoms with Crippen molar-refractivity contribution in [2.45, 2.75) is 76.1 Å². The predicted molar refractivity (Wildman–Crippen MR) is 175 cm³/mol. The molecule has 0 aromatic heterocycles. The summed E-state index contributed by atoms with van der Waals surface area (Å²) in [6, 6.07) is 0. The zero-order chi connectivity index (χ0) is 33.9. The van der Waals surface area contributed by atoms with Gasteiger partial charge in [0.2, 0.25) is 11.8 Å². The average molecular weight is 765 g/mol. The van der Waals surface area contributed by atoms with E-state index in [9.17, 15) is 19.5 Å². The van der Waals surface area contributed by atoms with Gasteiger partial charge in [-0.25, -0.2) is 0 Å². The first-order valence-corrected chi connectivity index (χ1v) is 16.6. The Morgan fingerprint density at radius 1 is 0.682 bits per heavy atom. The number of ether oxygens (including phenoxy) is 5. The van der Waals surface area contributed by atoms with Crippen LogP contribution in [-0.2, 0) is 38.1 Å². The van der Waals surface area contributed by atoms with Gasteiger partial charge in [-0.05, 0) is 34.1 Å². The summed E-state index contributed by atoms with van der Waals surface area (Å²) in [6.07, 6.45) is -0.206. The summed E-state index contributed by atoms with van der Waals surface area (Å²) >= 11 is 6.78. The van der Waals surface area contributed by atoms with Crippen LogP contribution in [0.5, 0.6) is 0 Å². The molecule has 1 unspecified atom stereocenters. The number of hydrogen-bond acceptors (Lipinski definition) is 10. The van der Waals surface area contributed by atoms with Crippen molar-refractivity contribution in [3.63, 3.8) is 0 Å². The molecule has 260 valence electrons. The zero-order valence-electron chi connectivity index (χ0n) is 27.6. The molecule has 0 fully saturated rings. The summed E-state index contributed by atoms with van der Waals surface area (Å²) in [7, 11) is 0. The average Bonchev–Trinajstić information content (AvgIpc) is 2.93. The molecule has 0 radical (unpaired) electrons. The van der Waals surface area contributed by atoms with Gasteiger partial charge in [-0.3, -0.25) is 14.4 Å². The minimum atomic E-state index is -0.880. The molecule has 0 rings (SSSR count). The van der Waals surface area contributed by atoms with E-state index in [0.717, 1.165) is 0 Å². The molecule has 0 spiro atoms. The van der Waals surface area contributed by atoms with E-state index in [0.29, 0.717) is 52.7 Å². The normalized spacial score (nSPS) is 13.5. The van der Waals surface area contributed by atoms with Gasteiger partial charge in [0.15, 0.2) is 0 Å². The maximum atomic E-state index is 12.8. The molecule has 44 heavy (non-hydrogen) atoms. The largest absolute Gasteiger partial charge is 0.394 e. The summed E-state index contributed by atoms with van der Waals surface area (Å²) in [5.41, 5.74) is -1.26. The summed E-state index contributed by atoms with van der Waals surface area (Å²) in [5, 5.41) is 23.8. The molecule has 2 amide bonds. The number of rotatable bonds is 26. The molecule has 0 heterocycles. The number of Topliss-reactive ketones (excluding diaryl/α,β-unsaturated/α-hetero) is 1. The number of ketones is 1. The summed E-state index contributed by atoms with van der Waals surface area (Å²) in [5.74, 6) is -0.339. The lowest BCUT2D eigenvalue weighted by atomic mass is 9.79. The third kappa shape index (κ3) is 21.2. The Kier molecular flexibility index (Phi) is 21.6. The highest BCUT2D eigenvalue weighted by molar-refractivity contribution is 9.10. The predicted octanol–water partition coefficient (Wildman–Crippen LogP) is 2.38. The number of alkyl halides is 2. The van der Waals surface area contributed by atoms with Crippen LogP contribution in [0.3, 0.4) is 0 Å². The van der Waals surface area contributed by atoms with Crippen LogP contribution in [0.25, 0.3) is 0 Å². The first-order valence-electron chi connectivity index (χ1n) is 15.0. The third-order valence-electron chi connectivity index (χ3n) is 6.46. The second-order valence-corrected chi connectivity index (χ2v) is 16.7. The molecule has 0 aliphatic heterocycles. The Morgan fingerprint density at radius 2 is 1.07 bits per heavy atom. The second kappa shape index (κ2) is 22.0. The summed E-state index contributed by atoms with van der Waals surface area (Å²) in [4.78, 5) is 38.3. The summed E-state index contributed by atoms with van der Waals surface area (Å²) < 4.78 is 26.0. The first kappa shape index (κ1) is 43.3. The lowest BCUT2D eigenvalue weighted by molar-refractivity contribution is -0.127. The Labute approximate surface area is 280 Å². The Bertz CT molecular complexity index is 752. The van der Waals surface area contributed by atoms with Crippen LogP contribution in [-0.4, -0.2) is 128 Å².